The first-order valence-corrected chi connectivity index (χ1v) is 14.1. The Kier molecular flexibility index (Phi) is 20.3. The van der Waals surface area contributed by atoms with Crippen LogP contribution >= 0.6 is 0 Å². The van der Waals surface area contributed by atoms with Crippen LogP contribution in [0.2, 0.25) is 0 Å². The topological polar surface area (TPSA) is 56.4 Å². The second-order valence-corrected chi connectivity index (χ2v) is 10.00. The average Bonchev–Trinajstić information content (AvgIpc) is 2.78. The van der Waals surface area contributed by atoms with Gasteiger partial charge in [0.2, 0.25) is 5.91 Å². The Morgan fingerprint density at radius 3 is 2.09 bits per heavy atom. The highest BCUT2D eigenvalue weighted by molar-refractivity contribution is 5.76. The molecule has 0 aromatic heterocycles. The molecule has 0 radical (unpaired) electrons. The van der Waals surface area contributed by atoms with Gasteiger partial charge < -0.3 is 20.9 Å². The van der Waals surface area contributed by atoms with Crippen molar-refractivity contribution >= 4 is 5.91 Å². The number of nitrogens with zero attached hydrogens (tertiary/aromatic N) is 1. The molecule has 0 unspecified atom stereocenters. The van der Waals surface area contributed by atoms with Gasteiger partial charge in [0, 0.05) is 19.0 Å². The quantitative estimate of drug-likeness (QED) is 0.354. The lowest BCUT2D eigenvalue weighted by Gasteiger charge is -2.20. The molecule has 0 saturated carbocycles. The summed E-state index contributed by atoms with van der Waals surface area (Å²) >= 11 is 0. The fourth-order valence-corrected chi connectivity index (χ4v) is 4.59. The van der Waals surface area contributed by atoms with Crippen LogP contribution in [0.1, 0.15) is 116 Å². The Morgan fingerprint density at radius 1 is 0.750 bits per heavy atom. The van der Waals surface area contributed by atoms with E-state index in [4.69, 9.17) is 0 Å². The second kappa shape index (κ2) is 22.2. The van der Waals surface area contributed by atoms with Gasteiger partial charge in [-0.15, -0.1) is 0 Å². The minimum atomic E-state index is 0.215. The number of hydrogen-bond acceptors (Lipinski definition) is 4. The molecule has 1 aliphatic heterocycles. The number of carbonyl (C=O) groups is 1. The molecule has 190 valence electrons. The fourth-order valence-electron chi connectivity index (χ4n) is 4.59. The SMILES string of the molecule is CCCCCCCCCCCCC[C@@H]1CC(=O)NCCCNCCCCN(C)CCCN1. The van der Waals surface area contributed by atoms with E-state index in [2.05, 4.69) is 34.8 Å². The van der Waals surface area contributed by atoms with Gasteiger partial charge in [0.15, 0.2) is 0 Å². The van der Waals surface area contributed by atoms with Crippen LogP contribution in [0.15, 0.2) is 0 Å². The number of unbranched alkanes of at least 4 members (excludes halogenated alkanes) is 10. The van der Waals surface area contributed by atoms with Crippen LogP contribution in [-0.2, 0) is 4.79 Å². The molecule has 5 nitrogen and oxygen atoms in total. The molecule has 0 aromatic rings. The van der Waals surface area contributed by atoms with Gasteiger partial charge in [0.25, 0.3) is 0 Å². The van der Waals surface area contributed by atoms with Gasteiger partial charge in [-0.3, -0.25) is 4.79 Å². The van der Waals surface area contributed by atoms with E-state index in [9.17, 15) is 4.79 Å². The van der Waals surface area contributed by atoms with E-state index in [0.717, 1.165) is 52.0 Å². The van der Waals surface area contributed by atoms with Crippen LogP contribution in [0.25, 0.3) is 0 Å². The molecule has 5 heteroatoms. The number of carbonyl (C=O) groups excluding carboxylic acids is 1. The predicted octanol–water partition coefficient (Wildman–Crippen LogP) is 5.25. The first-order chi connectivity index (χ1) is 15.7. The van der Waals surface area contributed by atoms with Gasteiger partial charge >= 0.3 is 0 Å². The van der Waals surface area contributed by atoms with Crippen LogP contribution in [0, 0.1) is 0 Å². The third-order valence-electron chi connectivity index (χ3n) is 6.73. The first-order valence-electron chi connectivity index (χ1n) is 14.1. The third-order valence-corrected chi connectivity index (χ3v) is 6.73. The Hall–Kier alpha value is -0.650. The van der Waals surface area contributed by atoms with Crippen LogP contribution in [0.5, 0.6) is 0 Å². The summed E-state index contributed by atoms with van der Waals surface area (Å²) in [7, 11) is 2.23. The van der Waals surface area contributed by atoms with Crippen molar-refractivity contribution in [1.82, 2.24) is 20.9 Å². The molecule has 0 bridgehead atoms. The van der Waals surface area contributed by atoms with Crippen LogP contribution in [0.3, 0.4) is 0 Å². The van der Waals surface area contributed by atoms with Crippen molar-refractivity contribution in [2.75, 3.05) is 46.3 Å². The zero-order chi connectivity index (χ0) is 23.1. The maximum Gasteiger partial charge on any atom is 0.221 e. The van der Waals surface area contributed by atoms with E-state index in [-0.39, 0.29) is 5.91 Å². The molecule has 0 spiro atoms. The molecule has 1 amide bonds. The lowest BCUT2D eigenvalue weighted by atomic mass is 10.0. The van der Waals surface area contributed by atoms with Crippen molar-refractivity contribution in [1.29, 1.82) is 0 Å². The van der Waals surface area contributed by atoms with E-state index < -0.39 is 0 Å². The molecule has 1 saturated heterocycles. The summed E-state index contributed by atoms with van der Waals surface area (Å²) in [4.78, 5) is 14.9. The fraction of sp³-hybridized carbons (Fsp3) is 0.963. The van der Waals surface area contributed by atoms with Crippen molar-refractivity contribution in [3.05, 3.63) is 0 Å². The molecule has 1 heterocycles. The largest absolute Gasteiger partial charge is 0.356 e. The van der Waals surface area contributed by atoms with Crippen LogP contribution in [0.4, 0.5) is 0 Å². The van der Waals surface area contributed by atoms with Gasteiger partial charge in [0.05, 0.1) is 0 Å². The molecular formula is C27H56N4O. The number of nitrogens with one attached hydrogen (secondary N) is 3. The molecule has 1 fully saturated rings. The molecule has 1 atom stereocenters. The third kappa shape index (κ3) is 18.9. The minimum Gasteiger partial charge on any atom is -0.356 e. The van der Waals surface area contributed by atoms with Gasteiger partial charge in [-0.05, 0) is 71.9 Å². The van der Waals surface area contributed by atoms with Crippen molar-refractivity contribution in [3.8, 4) is 0 Å². The summed E-state index contributed by atoms with van der Waals surface area (Å²) in [6, 6.07) is 0.327. The molecular weight excluding hydrogens is 396 g/mol. The van der Waals surface area contributed by atoms with E-state index in [0.29, 0.717) is 12.5 Å². The van der Waals surface area contributed by atoms with E-state index >= 15 is 0 Å². The van der Waals surface area contributed by atoms with Crippen LogP contribution < -0.4 is 16.0 Å². The first kappa shape index (κ1) is 29.4. The Morgan fingerprint density at radius 2 is 1.38 bits per heavy atom. The Labute approximate surface area is 200 Å². The normalized spacial score (nSPS) is 21.2. The summed E-state index contributed by atoms with van der Waals surface area (Å²) in [6.45, 7) is 8.50. The molecule has 3 N–H and O–H groups in total. The zero-order valence-electron chi connectivity index (χ0n) is 21.7. The zero-order valence-corrected chi connectivity index (χ0v) is 21.7. The van der Waals surface area contributed by atoms with Crippen LogP contribution in [-0.4, -0.2) is 63.2 Å². The highest BCUT2D eigenvalue weighted by atomic mass is 16.1. The Bertz CT molecular complexity index is 418. The number of amides is 1. The number of rotatable bonds is 12. The van der Waals surface area contributed by atoms with Gasteiger partial charge in [0.1, 0.15) is 0 Å². The van der Waals surface area contributed by atoms with Crippen molar-refractivity contribution in [3.63, 3.8) is 0 Å². The monoisotopic (exact) mass is 452 g/mol. The standard InChI is InChI=1S/C27H56N4O/c1-3-4-5-6-7-8-9-10-11-12-13-18-26-25-27(32)30-21-16-20-28-19-14-15-23-31(2)24-17-22-29-26/h26,28-29H,3-25H2,1-2H3,(H,30,32)/t26-/m1/s1. The van der Waals surface area contributed by atoms with E-state index in [1.54, 1.807) is 0 Å². The highest BCUT2D eigenvalue weighted by Crippen LogP contribution is 2.13. The molecule has 0 aromatic carbocycles. The van der Waals surface area contributed by atoms with Crippen molar-refractivity contribution < 1.29 is 4.79 Å². The minimum absolute atomic E-state index is 0.215. The summed E-state index contributed by atoms with van der Waals surface area (Å²) < 4.78 is 0. The smallest absolute Gasteiger partial charge is 0.221 e. The summed E-state index contributed by atoms with van der Waals surface area (Å²) in [5, 5.41) is 10.3. The van der Waals surface area contributed by atoms with Crippen molar-refractivity contribution in [2.45, 2.75) is 122 Å². The molecule has 1 rings (SSSR count). The summed E-state index contributed by atoms with van der Waals surface area (Å²) in [5.74, 6) is 0.215. The Balaban J connectivity index is 2.21. The van der Waals surface area contributed by atoms with Gasteiger partial charge in [-0.1, -0.05) is 77.6 Å². The maximum atomic E-state index is 12.4. The lowest BCUT2D eigenvalue weighted by molar-refractivity contribution is -0.121. The van der Waals surface area contributed by atoms with Gasteiger partial charge in [-0.2, -0.15) is 0 Å². The second-order valence-electron chi connectivity index (χ2n) is 10.00. The predicted molar refractivity (Wildman–Crippen MR) is 139 cm³/mol. The number of hydrogen-bond donors (Lipinski definition) is 3. The average molecular weight is 453 g/mol. The van der Waals surface area contributed by atoms with E-state index in [1.165, 1.54) is 90.0 Å². The highest BCUT2D eigenvalue weighted by Gasteiger charge is 2.13. The van der Waals surface area contributed by atoms with Crippen molar-refractivity contribution in [2.24, 2.45) is 0 Å². The molecule has 32 heavy (non-hydrogen) atoms. The van der Waals surface area contributed by atoms with Gasteiger partial charge in [-0.25, -0.2) is 0 Å². The van der Waals surface area contributed by atoms with E-state index in [1.807, 2.05) is 0 Å². The maximum absolute atomic E-state index is 12.4. The molecule has 1 aliphatic rings. The molecule has 0 aliphatic carbocycles. The summed E-state index contributed by atoms with van der Waals surface area (Å²) in [6.07, 6.45) is 21.5. The summed E-state index contributed by atoms with van der Waals surface area (Å²) in [5.41, 5.74) is 0. The lowest BCUT2D eigenvalue weighted by Crippen LogP contribution is -2.37.